The summed E-state index contributed by atoms with van der Waals surface area (Å²) < 4.78 is 85.3. The molecule has 0 amide bonds. The fourth-order valence-electron chi connectivity index (χ4n) is 7.30. The van der Waals surface area contributed by atoms with Crippen LogP contribution in [0.15, 0.2) is 0 Å². The maximum atomic E-state index is 7.80. The summed E-state index contributed by atoms with van der Waals surface area (Å²) >= 11 is 4.78. The smallest absolute Gasteiger partial charge is 0.420 e. The van der Waals surface area contributed by atoms with E-state index in [0.29, 0.717) is 6.04 Å². The minimum absolute atomic E-state index is 0.716. The third kappa shape index (κ3) is 28.9. The van der Waals surface area contributed by atoms with E-state index in [1.807, 2.05) is 0 Å². The molecule has 0 saturated carbocycles. The van der Waals surface area contributed by atoms with Crippen LogP contribution in [0, 0.1) is 0 Å². The summed E-state index contributed by atoms with van der Waals surface area (Å²) in [5.41, 5.74) is 0. The summed E-state index contributed by atoms with van der Waals surface area (Å²) in [6.45, 7) is 54.3. The minimum Gasteiger partial charge on any atom is -0.420 e. The van der Waals surface area contributed by atoms with E-state index in [1.165, 1.54) is 0 Å². The molecule has 0 aromatic rings. The van der Waals surface area contributed by atoms with Crippen molar-refractivity contribution in [3.8, 4) is 0 Å². The van der Waals surface area contributed by atoms with Crippen molar-refractivity contribution in [1.82, 2.24) is 0 Å². The topological polar surface area (TPSA) is 111 Å². The fourth-order valence-corrected chi connectivity index (χ4v) is 70.0. The zero-order valence-electron chi connectivity index (χ0n) is 44.4. The maximum absolute atomic E-state index is 7.80. The molecule has 0 aromatic carbocycles. The Bertz CT molecular complexity index is 1010. The van der Waals surface area contributed by atoms with E-state index in [4.69, 9.17) is 62.0 Å². The second-order valence-electron chi connectivity index (χ2n) is 21.1. The van der Waals surface area contributed by atoms with Gasteiger partial charge < -0.3 is 49.4 Å². The molecule has 0 fully saturated rings. The highest BCUT2D eigenvalue weighted by Gasteiger charge is 2.55. The summed E-state index contributed by atoms with van der Waals surface area (Å²) in [4.78, 5) is 0. The van der Waals surface area contributed by atoms with Crippen molar-refractivity contribution in [3.63, 3.8) is 0 Å². The van der Waals surface area contributed by atoms with Gasteiger partial charge in [0.25, 0.3) is 0 Å². The Balaban J connectivity index is 7.54. The van der Waals surface area contributed by atoms with Crippen LogP contribution in [0.4, 0.5) is 0 Å². The molecular formula is C33H100O12SSi16. The van der Waals surface area contributed by atoms with Crippen LogP contribution in [0.2, 0.25) is 199 Å². The Morgan fingerprint density at radius 3 is 0.597 bits per heavy atom. The van der Waals surface area contributed by atoms with Gasteiger partial charge in [-0.15, -0.1) is 0 Å². The quantitative estimate of drug-likeness (QED) is 0.0479. The highest BCUT2D eigenvalue weighted by Crippen LogP contribution is 2.38. The molecule has 62 heavy (non-hydrogen) atoms. The lowest BCUT2D eigenvalue weighted by molar-refractivity contribution is 0.239. The lowest BCUT2D eigenvalue weighted by Crippen LogP contribution is -2.63. The van der Waals surface area contributed by atoms with Crippen LogP contribution in [-0.4, -0.2) is 147 Å². The van der Waals surface area contributed by atoms with Crippen molar-refractivity contribution in [2.45, 2.75) is 206 Å². The molecule has 0 spiro atoms. The summed E-state index contributed by atoms with van der Waals surface area (Å²) in [6, 6.07) is 5.55. The summed E-state index contributed by atoms with van der Waals surface area (Å²) in [5, 5.41) is 0. The van der Waals surface area contributed by atoms with E-state index in [2.05, 4.69) is 157 Å². The molecule has 0 atom stereocenters. The first-order valence-corrected chi connectivity index (χ1v) is 66.6. The molecule has 29 heteroatoms. The molecule has 12 nitrogen and oxygen atoms in total. The second-order valence-corrected chi connectivity index (χ2v) is 70.9. The molecule has 0 radical (unpaired) electrons. The van der Waals surface area contributed by atoms with Gasteiger partial charge in [-0.2, -0.15) is 12.6 Å². The maximum Gasteiger partial charge on any atom is 0.469 e. The van der Waals surface area contributed by atoms with Crippen molar-refractivity contribution in [3.05, 3.63) is 0 Å². The first kappa shape index (κ1) is 65.3. The Hall–Kier alpha value is 3.34. The van der Waals surface area contributed by atoms with Gasteiger partial charge in [0.1, 0.15) is 0 Å². The van der Waals surface area contributed by atoms with E-state index >= 15 is 0 Å². The average Bonchev–Trinajstić information content (AvgIpc) is 3.01. The Labute approximate surface area is 411 Å². The first-order chi connectivity index (χ1) is 28.1. The molecule has 0 bridgehead atoms. The zero-order chi connectivity index (χ0) is 48.5. The highest BCUT2D eigenvalue weighted by molar-refractivity contribution is 7.80. The van der Waals surface area contributed by atoms with E-state index in [1.54, 1.807) is 0 Å². The van der Waals surface area contributed by atoms with Crippen molar-refractivity contribution in [1.29, 1.82) is 0 Å². The van der Waals surface area contributed by atoms with Gasteiger partial charge in [-0.25, -0.2) is 0 Å². The number of rotatable bonds is 36. The van der Waals surface area contributed by atoms with Gasteiger partial charge in [0.15, 0.2) is 106 Å². The van der Waals surface area contributed by atoms with Crippen molar-refractivity contribution < 1.29 is 49.4 Å². The van der Waals surface area contributed by atoms with E-state index < -0.39 is 142 Å². The molecule has 374 valence electrons. The summed E-state index contributed by atoms with van der Waals surface area (Å²) in [5.74, 6) is 0.727. The molecule has 0 aliphatic heterocycles. The van der Waals surface area contributed by atoms with Crippen LogP contribution >= 0.6 is 12.6 Å². The summed E-state index contributed by atoms with van der Waals surface area (Å²) in [7, 11) is -32.9. The van der Waals surface area contributed by atoms with Gasteiger partial charge in [-0.1, -0.05) is 0 Å². The molecule has 0 aliphatic carbocycles. The third-order valence-corrected chi connectivity index (χ3v) is 58.8. The number of hydrogen-bond donors (Lipinski definition) is 1. The first-order valence-electron chi connectivity index (χ1n) is 23.9. The van der Waals surface area contributed by atoms with Crippen molar-refractivity contribution in [2.24, 2.45) is 0 Å². The van der Waals surface area contributed by atoms with Gasteiger partial charge in [0.05, 0.1) is 0 Å². The minimum atomic E-state index is -3.41. The predicted molar refractivity (Wildman–Crippen MR) is 310 cm³/mol. The van der Waals surface area contributed by atoms with Crippen LogP contribution in [-0.2, 0) is 49.4 Å². The number of hydrogen-bond acceptors (Lipinski definition) is 13. The van der Waals surface area contributed by atoms with Crippen LogP contribution < -0.4 is 0 Å². The van der Waals surface area contributed by atoms with Crippen molar-refractivity contribution >= 4 is 154 Å². The monoisotopic (exact) mass is 1170 g/mol. The third-order valence-electron chi connectivity index (χ3n) is 8.77. The van der Waals surface area contributed by atoms with Gasteiger partial charge >= 0.3 is 35.2 Å². The lowest BCUT2D eigenvalue weighted by Gasteiger charge is -2.46. The van der Waals surface area contributed by atoms with Crippen LogP contribution in [0.1, 0.15) is 6.42 Å². The highest BCUT2D eigenvalue weighted by atomic mass is 32.1. The molecule has 0 heterocycles. The Morgan fingerprint density at radius 1 is 0.274 bits per heavy atom. The number of thiol groups is 1. The van der Waals surface area contributed by atoms with Gasteiger partial charge in [-0.3, -0.25) is 0 Å². The SMILES string of the molecule is C[SiH](C)O[Si](CC[Si](C)(C)O[Si](CCCS)(O[Si](C)(C)CC[Si](O[SiH](C)C)(O[SiH](C)C)O[SiH](C)C)O[Si](C)(C)CC[Si](O[SiH](C)C)(O[SiH](C)C)O[SiH](C)C)(O[SiH](C)C)O[SiH](C)C. The molecule has 0 aliphatic rings. The molecule has 0 N–H and O–H groups in total. The van der Waals surface area contributed by atoms with Crippen LogP contribution in [0.25, 0.3) is 0 Å². The molecule has 0 rings (SSSR count). The normalized spacial score (nSPS) is 14.6. The summed E-state index contributed by atoms with van der Waals surface area (Å²) in [6.07, 6.45) is 0.843. The standard InChI is InChI=1S/C33H100O12SSi16/c1-47(2)34-59(35-48(3)4,36-49(5)6)31-28-56(19,20)43-62(27-25-26-46,44-57(21,22)29-32-60(37-50(7)8,38-51(9)10)39-52(11)12)45-58(23,24)30-33-61(40-53(13)14,41-54(15)16)42-55(17)18/h46-55H,25-33H2,1-24H3. The van der Waals surface area contributed by atoms with Gasteiger partial charge in [0.2, 0.25) is 0 Å². The van der Waals surface area contributed by atoms with Crippen molar-refractivity contribution in [2.75, 3.05) is 5.75 Å². The van der Waals surface area contributed by atoms with Gasteiger partial charge in [0, 0.05) is 24.2 Å². The molecule has 0 aromatic heterocycles. The Morgan fingerprint density at radius 2 is 0.452 bits per heavy atom. The van der Waals surface area contributed by atoms with Gasteiger partial charge in [-0.05, 0) is 187 Å². The van der Waals surface area contributed by atoms with E-state index in [9.17, 15) is 0 Å². The average molecular weight is 1170 g/mol. The molecular weight excluding hydrogens is 1070 g/mol. The Kier molecular flexibility index (Phi) is 31.2. The van der Waals surface area contributed by atoms with Crippen LogP contribution in [0.5, 0.6) is 0 Å². The van der Waals surface area contributed by atoms with E-state index in [0.717, 1.165) is 48.4 Å². The largest absolute Gasteiger partial charge is 0.469 e. The molecule has 0 unspecified atom stereocenters. The lowest BCUT2D eigenvalue weighted by atomic mass is 10.6. The van der Waals surface area contributed by atoms with E-state index in [-0.39, 0.29) is 0 Å². The second kappa shape index (κ2) is 29.6. The van der Waals surface area contributed by atoms with Crippen LogP contribution in [0.3, 0.4) is 0 Å². The zero-order valence-corrected chi connectivity index (χ0v) is 62.7. The molecule has 0 saturated heterocycles. The fraction of sp³-hybridized carbons (Fsp3) is 1.00. The predicted octanol–water partition coefficient (Wildman–Crippen LogP) is 8.73.